The molecule has 130 valence electrons. The molecule has 4 nitrogen and oxygen atoms in total. The maximum atomic E-state index is 12.3. The molecule has 1 aliphatic heterocycles. The van der Waals surface area contributed by atoms with Gasteiger partial charge in [0.05, 0.1) is 5.69 Å². The first kappa shape index (κ1) is 19.6. The molecule has 2 N–H and O–H groups in total. The molecule has 0 unspecified atom stereocenters. The van der Waals surface area contributed by atoms with Crippen molar-refractivity contribution < 1.29 is 22.7 Å². The van der Waals surface area contributed by atoms with Crippen LogP contribution in [0.15, 0.2) is 24.3 Å². The minimum Gasteiger partial charge on any atom is -0.404 e. The van der Waals surface area contributed by atoms with Gasteiger partial charge in [0.25, 0.3) is 0 Å². The molecule has 2 rings (SSSR count). The number of ether oxygens (including phenoxy) is 1. The molecule has 8 heteroatoms. The summed E-state index contributed by atoms with van der Waals surface area (Å²) in [5.41, 5.74) is 0.0372. The molecule has 0 saturated carbocycles. The van der Waals surface area contributed by atoms with Crippen molar-refractivity contribution in [2.24, 2.45) is 5.92 Å². The summed E-state index contributed by atoms with van der Waals surface area (Å²) in [6, 6.07) is 5.54. The number of halogens is 4. The predicted molar refractivity (Wildman–Crippen MR) is 83.8 cm³/mol. The topological polar surface area (TPSA) is 50.4 Å². The van der Waals surface area contributed by atoms with E-state index < -0.39 is 12.1 Å². The summed E-state index contributed by atoms with van der Waals surface area (Å²) in [5.74, 6) is -0.198. The van der Waals surface area contributed by atoms with E-state index in [0.29, 0.717) is 12.3 Å². The van der Waals surface area contributed by atoms with Crippen LogP contribution in [0.1, 0.15) is 25.7 Å². The Balaban J connectivity index is 0.00000264. The zero-order valence-electron chi connectivity index (χ0n) is 12.5. The fourth-order valence-corrected chi connectivity index (χ4v) is 2.50. The van der Waals surface area contributed by atoms with Crippen LogP contribution in [-0.2, 0) is 4.79 Å². The van der Waals surface area contributed by atoms with E-state index in [2.05, 4.69) is 15.4 Å². The number of carbonyl (C=O) groups excluding carboxylic acids is 1. The van der Waals surface area contributed by atoms with E-state index in [-0.39, 0.29) is 24.0 Å². The van der Waals surface area contributed by atoms with Gasteiger partial charge in [-0.15, -0.1) is 25.6 Å². The normalized spacial score (nSPS) is 15.6. The number of piperidine rings is 1. The van der Waals surface area contributed by atoms with E-state index in [0.717, 1.165) is 32.4 Å². The third kappa shape index (κ3) is 7.09. The van der Waals surface area contributed by atoms with Crippen LogP contribution in [0.4, 0.5) is 18.9 Å². The Morgan fingerprint density at radius 2 is 1.91 bits per heavy atom. The molecule has 1 amide bonds. The molecule has 0 bridgehead atoms. The van der Waals surface area contributed by atoms with Gasteiger partial charge >= 0.3 is 6.36 Å². The highest BCUT2D eigenvalue weighted by molar-refractivity contribution is 5.92. The Morgan fingerprint density at radius 1 is 1.26 bits per heavy atom. The van der Waals surface area contributed by atoms with Gasteiger partial charge in [-0.25, -0.2) is 0 Å². The van der Waals surface area contributed by atoms with E-state index in [4.69, 9.17) is 0 Å². The van der Waals surface area contributed by atoms with Crippen LogP contribution in [0.5, 0.6) is 5.75 Å². The van der Waals surface area contributed by atoms with Gasteiger partial charge in [0.2, 0.25) is 5.91 Å². The Morgan fingerprint density at radius 3 is 2.57 bits per heavy atom. The Labute approximate surface area is 139 Å². The summed E-state index contributed by atoms with van der Waals surface area (Å²) < 4.78 is 40.8. The molecule has 1 aromatic rings. The molecule has 1 aliphatic rings. The molecule has 23 heavy (non-hydrogen) atoms. The van der Waals surface area contributed by atoms with Crippen molar-refractivity contribution in [2.45, 2.75) is 32.0 Å². The molecule has 0 spiro atoms. The SMILES string of the molecule is Cl.O=C(CCC1CCNCC1)Nc1ccccc1OC(F)(F)F. The van der Waals surface area contributed by atoms with Crippen LogP contribution in [0.2, 0.25) is 0 Å². The summed E-state index contributed by atoms with van der Waals surface area (Å²) >= 11 is 0. The summed E-state index contributed by atoms with van der Waals surface area (Å²) in [5, 5.41) is 5.74. The summed E-state index contributed by atoms with van der Waals surface area (Å²) in [6.45, 7) is 1.91. The number of anilines is 1. The highest BCUT2D eigenvalue weighted by Crippen LogP contribution is 2.30. The van der Waals surface area contributed by atoms with Crippen molar-refractivity contribution in [1.29, 1.82) is 0 Å². The van der Waals surface area contributed by atoms with E-state index >= 15 is 0 Å². The molecule has 1 heterocycles. The monoisotopic (exact) mass is 352 g/mol. The zero-order valence-corrected chi connectivity index (χ0v) is 13.3. The van der Waals surface area contributed by atoms with Gasteiger partial charge in [0.15, 0.2) is 5.75 Å². The molecule has 1 saturated heterocycles. The smallest absolute Gasteiger partial charge is 0.404 e. The maximum Gasteiger partial charge on any atom is 0.573 e. The van der Waals surface area contributed by atoms with E-state index in [1.807, 2.05) is 0 Å². The summed E-state index contributed by atoms with van der Waals surface area (Å²) in [6.07, 6.45) is -1.68. The number of para-hydroxylation sites is 2. The number of carbonyl (C=O) groups is 1. The second kappa shape index (κ2) is 8.98. The van der Waals surface area contributed by atoms with Crippen molar-refractivity contribution >= 4 is 24.0 Å². The van der Waals surface area contributed by atoms with Crippen molar-refractivity contribution in [1.82, 2.24) is 5.32 Å². The maximum absolute atomic E-state index is 12.3. The van der Waals surface area contributed by atoms with Gasteiger partial charge in [-0.2, -0.15) is 0 Å². The first-order valence-corrected chi connectivity index (χ1v) is 7.29. The lowest BCUT2D eigenvalue weighted by Gasteiger charge is -2.22. The lowest BCUT2D eigenvalue weighted by molar-refractivity contribution is -0.274. The lowest BCUT2D eigenvalue weighted by atomic mass is 9.93. The van der Waals surface area contributed by atoms with Crippen molar-refractivity contribution in [3.05, 3.63) is 24.3 Å². The van der Waals surface area contributed by atoms with Gasteiger partial charge in [0, 0.05) is 6.42 Å². The fraction of sp³-hybridized carbons (Fsp3) is 0.533. The summed E-state index contributed by atoms with van der Waals surface area (Å²) in [7, 11) is 0. The first-order chi connectivity index (χ1) is 10.4. The molecule has 0 radical (unpaired) electrons. The largest absolute Gasteiger partial charge is 0.573 e. The second-order valence-corrected chi connectivity index (χ2v) is 5.32. The van der Waals surface area contributed by atoms with E-state index in [1.54, 1.807) is 6.07 Å². The number of amides is 1. The number of hydrogen-bond acceptors (Lipinski definition) is 3. The number of alkyl halides is 3. The first-order valence-electron chi connectivity index (χ1n) is 7.29. The van der Waals surface area contributed by atoms with E-state index in [1.165, 1.54) is 18.2 Å². The third-order valence-electron chi connectivity index (χ3n) is 3.63. The second-order valence-electron chi connectivity index (χ2n) is 5.32. The van der Waals surface area contributed by atoms with Crippen molar-refractivity contribution in [2.75, 3.05) is 18.4 Å². The zero-order chi connectivity index (χ0) is 16.0. The number of nitrogens with one attached hydrogen (secondary N) is 2. The molecular weight excluding hydrogens is 333 g/mol. The fourth-order valence-electron chi connectivity index (χ4n) is 2.50. The van der Waals surface area contributed by atoms with Gasteiger partial charge in [-0.3, -0.25) is 4.79 Å². The van der Waals surface area contributed by atoms with Crippen molar-refractivity contribution in [3.8, 4) is 5.75 Å². The highest BCUT2D eigenvalue weighted by Gasteiger charge is 2.32. The van der Waals surface area contributed by atoms with Gasteiger partial charge < -0.3 is 15.4 Å². The van der Waals surface area contributed by atoms with Gasteiger partial charge in [-0.05, 0) is 50.4 Å². The van der Waals surface area contributed by atoms with Crippen LogP contribution >= 0.6 is 12.4 Å². The Hall–Kier alpha value is -1.47. The van der Waals surface area contributed by atoms with Crippen LogP contribution in [0.25, 0.3) is 0 Å². The molecular formula is C15H20ClF3N2O2. The van der Waals surface area contributed by atoms with Crippen LogP contribution in [0, 0.1) is 5.92 Å². The van der Waals surface area contributed by atoms with Gasteiger partial charge in [0.1, 0.15) is 0 Å². The average Bonchev–Trinajstić information content (AvgIpc) is 2.47. The number of rotatable bonds is 5. The minimum atomic E-state index is -4.78. The predicted octanol–water partition coefficient (Wildman–Crippen LogP) is 3.73. The number of hydrogen-bond donors (Lipinski definition) is 2. The van der Waals surface area contributed by atoms with Gasteiger partial charge in [-0.1, -0.05) is 12.1 Å². The quantitative estimate of drug-likeness (QED) is 0.849. The third-order valence-corrected chi connectivity index (χ3v) is 3.63. The average molecular weight is 353 g/mol. The van der Waals surface area contributed by atoms with Crippen LogP contribution in [0.3, 0.4) is 0 Å². The Kier molecular flexibility index (Phi) is 7.64. The highest BCUT2D eigenvalue weighted by atomic mass is 35.5. The minimum absolute atomic E-state index is 0. The molecule has 1 fully saturated rings. The number of benzene rings is 1. The van der Waals surface area contributed by atoms with Crippen molar-refractivity contribution in [3.63, 3.8) is 0 Å². The molecule has 1 aromatic carbocycles. The lowest BCUT2D eigenvalue weighted by Crippen LogP contribution is -2.28. The van der Waals surface area contributed by atoms with Crippen LogP contribution < -0.4 is 15.4 Å². The van der Waals surface area contributed by atoms with E-state index in [9.17, 15) is 18.0 Å². The van der Waals surface area contributed by atoms with Crippen LogP contribution in [-0.4, -0.2) is 25.4 Å². The Bertz CT molecular complexity index is 506. The molecule has 0 aromatic heterocycles. The molecule has 0 atom stereocenters. The molecule has 0 aliphatic carbocycles. The standard InChI is InChI=1S/C15H19F3N2O2.ClH/c16-15(17,18)22-13-4-2-1-3-12(13)20-14(21)6-5-11-7-9-19-10-8-11;/h1-4,11,19H,5-10H2,(H,20,21);1H. The summed E-state index contributed by atoms with van der Waals surface area (Å²) in [4.78, 5) is 11.9.